The molecule has 1 aromatic heterocycles. The van der Waals surface area contributed by atoms with Crippen molar-refractivity contribution < 1.29 is 14.4 Å². The summed E-state index contributed by atoms with van der Waals surface area (Å²) < 4.78 is 5.56. The lowest BCUT2D eigenvalue weighted by atomic mass is 9.72. The van der Waals surface area contributed by atoms with Gasteiger partial charge < -0.3 is 14.9 Å². The molecule has 2 aromatic carbocycles. The van der Waals surface area contributed by atoms with Crippen molar-refractivity contribution in [3.63, 3.8) is 0 Å². The van der Waals surface area contributed by atoms with E-state index in [0.29, 0.717) is 18.7 Å². The van der Waals surface area contributed by atoms with Gasteiger partial charge in [0.05, 0.1) is 11.3 Å². The average molecular weight is 386 g/mol. The largest absolute Gasteiger partial charge is 0.508 e. The van der Waals surface area contributed by atoms with Crippen LogP contribution in [0, 0.1) is 13.8 Å². The van der Waals surface area contributed by atoms with Crippen LogP contribution in [0.5, 0.6) is 5.75 Å². The van der Waals surface area contributed by atoms with Crippen molar-refractivity contribution in [1.82, 2.24) is 5.16 Å². The summed E-state index contributed by atoms with van der Waals surface area (Å²) in [5, 5.41) is 17.8. The van der Waals surface area contributed by atoms with Crippen molar-refractivity contribution in [1.29, 1.82) is 0 Å². The van der Waals surface area contributed by atoms with E-state index < -0.39 is 0 Å². The molecule has 0 saturated heterocycles. The first-order chi connectivity index (χ1) is 14.0. The summed E-state index contributed by atoms with van der Waals surface area (Å²) in [5.41, 5.74) is 6.41. The topological polar surface area (TPSA) is 75.4 Å². The van der Waals surface area contributed by atoms with Gasteiger partial charge in [0.1, 0.15) is 5.75 Å². The quantitative estimate of drug-likeness (QED) is 0.651. The van der Waals surface area contributed by atoms with Crippen LogP contribution in [0.15, 0.2) is 64.3 Å². The molecule has 5 nitrogen and oxygen atoms in total. The van der Waals surface area contributed by atoms with E-state index in [1.807, 2.05) is 25.1 Å². The summed E-state index contributed by atoms with van der Waals surface area (Å²) >= 11 is 0. The number of carbonyl (C=O) groups is 1. The Hall–Kier alpha value is -3.34. The van der Waals surface area contributed by atoms with Gasteiger partial charge in [-0.1, -0.05) is 53.2 Å². The molecule has 0 radical (unpaired) electrons. The van der Waals surface area contributed by atoms with Crippen LogP contribution in [0.4, 0.5) is 5.88 Å². The Labute approximate surface area is 169 Å². The van der Waals surface area contributed by atoms with E-state index in [4.69, 9.17) is 4.52 Å². The number of aryl methyl sites for hydroxylation is 2. The molecule has 29 heavy (non-hydrogen) atoms. The zero-order valence-corrected chi connectivity index (χ0v) is 16.4. The number of para-hydroxylation sites is 1. The monoisotopic (exact) mass is 386 g/mol. The molecule has 2 atom stereocenters. The van der Waals surface area contributed by atoms with Crippen molar-refractivity contribution in [2.75, 3.05) is 5.32 Å². The zero-order chi connectivity index (χ0) is 20.1. The Morgan fingerprint density at radius 2 is 1.93 bits per heavy atom. The van der Waals surface area contributed by atoms with Gasteiger partial charge in [-0.05, 0) is 37.5 Å². The minimum atomic E-state index is -0.190. The Bertz CT molecular complexity index is 1160. The van der Waals surface area contributed by atoms with Crippen LogP contribution in [0.1, 0.15) is 52.6 Å². The molecule has 5 heteroatoms. The van der Waals surface area contributed by atoms with Gasteiger partial charge in [-0.2, -0.15) is 0 Å². The minimum absolute atomic E-state index is 0.0707. The summed E-state index contributed by atoms with van der Waals surface area (Å²) in [6.45, 7) is 3.97. The maximum Gasteiger partial charge on any atom is 0.233 e. The number of aromatic hydroxyl groups is 1. The molecule has 0 unspecified atom stereocenters. The molecule has 0 bridgehead atoms. The predicted molar refractivity (Wildman–Crippen MR) is 110 cm³/mol. The van der Waals surface area contributed by atoms with Crippen molar-refractivity contribution in [3.8, 4) is 5.75 Å². The number of fused-ring (bicyclic) bond motifs is 1. The molecule has 0 fully saturated rings. The van der Waals surface area contributed by atoms with E-state index in [2.05, 4.69) is 35.6 Å². The number of phenolic OH excluding ortho intramolecular Hbond substituents is 1. The lowest BCUT2D eigenvalue weighted by molar-refractivity contribution is -0.116. The molecule has 5 rings (SSSR count). The van der Waals surface area contributed by atoms with Crippen molar-refractivity contribution in [2.45, 2.75) is 38.5 Å². The SMILES string of the molecule is Cc1cccc([C@H]2C3=C(C[C@@H](c4ccccc4O)CC3=O)Nc3onc(C)c32)c1. The minimum Gasteiger partial charge on any atom is -0.508 e. The molecule has 3 aromatic rings. The Morgan fingerprint density at radius 1 is 1.10 bits per heavy atom. The van der Waals surface area contributed by atoms with Gasteiger partial charge in [0, 0.05) is 29.5 Å². The number of anilines is 1. The number of ketones is 1. The number of hydrogen-bond acceptors (Lipinski definition) is 5. The fourth-order valence-electron chi connectivity index (χ4n) is 4.71. The van der Waals surface area contributed by atoms with Crippen LogP contribution in [-0.4, -0.2) is 16.0 Å². The fraction of sp³-hybridized carbons (Fsp3) is 0.250. The molecule has 2 heterocycles. The molecule has 146 valence electrons. The van der Waals surface area contributed by atoms with Crippen LogP contribution in [0.2, 0.25) is 0 Å². The number of hydrogen-bond donors (Lipinski definition) is 2. The van der Waals surface area contributed by atoms with Crippen LogP contribution in [0.25, 0.3) is 0 Å². The van der Waals surface area contributed by atoms with Crippen molar-refractivity contribution in [3.05, 3.63) is 87.7 Å². The first-order valence-corrected chi connectivity index (χ1v) is 9.87. The average Bonchev–Trinajstić information content (AvgIpc) is 3.07. The highest BCUT2D eigenvalue weighted by molar-refractivity contribution is 6.01. The molecular weight excluding hydrogens is 364 g/mol. The molecule has 1 aliphatic heterocycles. The molecule has 0 spiro atoms. The maximum atomic E-state index is 13.4. The van der Waals surface area contributed by atoms with Gasteiger partial charge in [-0.3, -0.25) is 4.79 Å². The van der Waals surface area contributed by atoms with Crippen LogP contribution in [0.3, 0.4) is 0 Å². The number of Topliss-reactive ketones (excluding diaryl/α,β-unsaturated/α-hetero) is 1. The van der Waals surface area contributed by atoms with E-state index in [0.717, 1.165) is 39.2 Å². The summed E-state index contributed by atoms with van der Waals surface area (Å²) in [6.07, 6.45) is 1.01. The number of nitrogens with one attached hydrogen (secondary N) is 1. The first kappa shape index (κ1) is 17.7. The number of phenols is 1. The molecular formula is C24H22N2O3. The predicted octanol–water partition coefficient (Wildman–Crippen LogP) is 4.96. The Kier molecular flexibility index (Phi) is 4.05. The van der Waals surface area contributed by atoms with E-state index >= 15 is 0 Å². The molecule has 2 N–H and O–H groups in total. The standard InChI is InChI=1S/C24H22N2O3/c1-13-6-5-7-15(10-13)22-21-14(2)26-29-24(21)25-18-11-16(12-20(28)23(18)22)17-8-3-4-9-19(17)27/h3-10,16,22,25,27H,11-12H2,1-2H3/t16-,22-/m1/s1. The summed E-state index contributed by atoms with van der Waals surface area (Å²) in [5.74, 6) is 0.684. The second kappa shape index (κ2) is 6.62. The van der Waals surface area contributed by atoms with E-state index in [9.17, 15) is 9.90 Å². The highest BCUT2D eigenvalue weighted by atomic mass is 16.5. The van der Waals surface area contributed by atoms with Gasteiger partial charge in [-0.25, -0.2) is 0 Å². The first-order valence-electron chi connectivity index (χ1n) is 9.87. The number of carbonyl (C=O) groups excluding carboxylic acids is 1. The molecule has 0 amide bonds. The number of allylic oxidation sites excluding steroid dienone is 2. The van der Waals surface area contributed by atoms with E-state index in [1.54, 1.807) is 12.1 Å². The fourth-order valence-corrected chi connectivity index (χ4v) is 4.71. The van der Waals surface area contributed by atoms with E-state index in [-0.39, 0.29) is 23.4 Å². The second-order valence-corrected chi connectivity index (χ2v) is 7.96. The van der Waals surface area contributed by atoms with Gasteiger partial charge in [0.25, 0.3) is 0 Å². The smallest absolute Gasteiger partial charge is 0.233 e. The third-order valence-corrected chi connectivity index (χ3v) is 6.01. The molecule has 1 aliphatic carbocycles. The van der Waals surface area contributed by atoms with Crippen molar-refractivity contribution in [2.24, 2.45) is 0 Å². The third kappa shape index (κ3) is 2.85. The third-order valence-electron chi connectivity index (χ3n) is 6.01. The summed E-state index contributed by atoms with van der Waals surface area (Å²) in [6, 6.07) is 15.5. The summed E-state index contributed by atoms with van der Waals surface area (Å²) in [4.78, 5) is 13.4. The lowest BCUT2D eigenvalue weighted by Gasteiger charge is -2.34. The van der Waals surface area contributed by atoms with Crippen molar-refractivity contribution >= 4 is 11.7 Å². The van der Waals surface area contributed by atoms with Crippen LogP contribution < -0.4 is 5.32 Å². The van der Waals surface area contributed by atoms with Crippen LogP contribution >= 0.6 is 0 Å². The second-order valence-electron chi connectivity index (χ2n) is 7.96. The van der Waals surface area contributed by atoms with Gasteiger partial charge in [0.2, 0.25) is 5.88 Å². The maximum absolute atomic E-state index is 13.4. The highest BCUT2D eigenvalue weighted by Gasteiger charge is 2.41. The summed E-state index contributed by atoms with van der Waals surface area (Å²) in [7, 11) is 0. The number of benzene rings is 2. The van der Waals surface area contributed by atoms with Gasteiger partial charge in [-0.15, -0.1) is 0 Å². The molecule has 0 saturated carbocycles. The number of nitrogens with zero attached hydrogens (tertiary/aromatic N) is 1. The number of rotatable bonds is 2. The molecule has 2 aliphatic rings. The Morgan fingerprint density at radius 3 is 2.72 bits per heavy atom. The van der Waals surface area contributed by atoms with Crippen LogP contribution in [-0.2, 0) is 4.79 Å². The number of aromatic nitrogens is 1. The normalized spacial score (nSPS) is 20.8. The van der Waals surface area contributed by atoms with E-state index in [1.165, 1.54) is 0 Å². The van der Waals surface area contributed by atoms with Gasteiger partial charge in [0.15, 0.2) is 5.78 Å². The lowest BCUT2D eigenvalue weighted by Crippen LogP contribution is -2.29. The zero-order valence-electron chi connectivity index (χ0n) is 16.4. The van der Waals surface area contributed by atoms with Gasteiger partial charge >= 0.3 is 0 Å². The highest BCUT2D eigenvalue weighted by Crippen LogP contribution is 2.49. The Balaban J connectivity index is 1.64.